The molecule has 1 aliphatic rings. The van der Waals surface area contributed by atoms with E-state index >= 15 is 0 Å². The van der Waals surface area contributed by atoms with Crippen LogP contribution in [0.4, 0.5) is 0 Å². The molecule has 1 aliphatic heterocycles. The zero-order valence-electron chi connectivity index (χ0n) is 11.7. The van der Waals surface area contributed by atoms with E-state index in [1.54, 1.807) is 32.2 Å². The first-order valence-corrected chi connectivity index (χ1v) is 6.57. The fraction of sp³-hybridized carbons (Fsp3) is 0.250. The van der Waals surface area contributed by atoms with Crippen molar-refractivity contribution < 1.29 is 18.7 Å². The number of rotatable bonds is 2. The van der Waals surface area contributed by atoms with Crippen molar-refractivity contribution in [3.8, 4) is 11.5 Å². The number of carbonyl (C=O) groups is 1. The number of benzene rings is 1. The van der Waals surface area contributed by atoms with Crippen molar-refractivity contribution >= 4 is 5.97 Å². The minimum absolute atomic E-state index is 0.118. The second-order valence-electron chi connectivity index (χ2n) is 4.93. The van der Waals surface area contributed by atoms with E-state index in [-0.39, 0.29) is 18.3 Å². The molecule has 0 radical (unpaired) electrons. The SMILES string of the molecule is COc1ccc([C@H]2CC(=O)Oc3cc(C)oc(=O)c32)cc1. The van der Waals surface area contributed by atoms with Crippen LogP contribution in [0.25, 0.3) is 0 Å². The van der Waals surface area contributed by atoms with E-state index in [0.29, 0.717) is 22.8 Å². The molecule has 1 atom stereocenters. The molecule has 0 saturated carbocycles. The summed E-state index contributed by atoms with van der Waals surface area (Å²) in [5, 5.41) is 0. The zero-order valence-corrected chi connectivity index (χ0v) is 11.7. The van der Waals surface area contributed by atoms with Crippen LogP contribution in [0.1, 0.15) is 29.2 Å². The van der Waals surface area contributed by atoms with Gasteiger partial charge in [0.15, 0.2) is 0 Å². The monoisotopic (exact) mass is 286 g/mol. The third kappa shape index (κ3) is 2.42. The molecule has 2 aromatic rings. The van der Waals surface area contributed by atoms with Gasteiger partial charge in [-0.1, -0.05) is 12.1 Å². The summed E-state index contributed by atoms with van der Waals surface area (Å²) in [6.07, 6.45) is 0.118. The van der Waals surface area contributed by atoms with Crippen molar-refractivity contribution in [1.29, 1.82) is 0 Å². The van der Waals surface area contributed by atoms with E-state index in [1.807, 2.05) is 12.1 Å². The molecule has 108 valence electrons. The van der Waals surface area contributed by atoms with E-state index in [1.165, 1.54) is 0 Å². The van der Waals surface area contributed by atoms with Gasteiger partial charge >= 0.3 is 11.6 Å². The Bertz CT molecular complexity index is 742. The van der Waals surface area contributed by atoms with Gasteiger partial charge in [-0.05, 0) is 24.6 Å². The molecule has 5 nitrogen and oxygen atoms in total. The van der Waals surface area contributed by atoms with Crippen LogP contribution in [0.5, 0.6) is 11.5 Å². The predicted octanol–water partition coefficient (Wildman–Crippen LogP) is 2.40. The highest BCUT2D eigenvalue weighted by Crippen LogP contribution is 2.37. The van der Waals surface area contributed by atoms with Crippen molar-refractivity contribution in [2.24, 2.45) is 0 Å². The van der Waals surface area contributed by atoms with Gasteiger partial charge < -0.3 is 13.9 Å². The summed E-state index contributed by atoms with van der Waals surface area (Å²) in [5.41, 5.74) is 0.786. The van der Waals surface area contributed by atoms with Crippen molar-refractivity contribution in [2.45, 2.75) is 19.3 Å². The lowest BCUT2D eigenvalue weighted by Gasteiger charge is -2.23. The van der Waals surface area contributed by atoms with Gasteiger partial charge in [-0.25, -0.2) is 4.79 Å². The van der Waals surface area contributed by atoms with Gasteiger partial charge in [-0.2, -0.15) is 0 Å². The highest BCUT2D eigenvalue weighted by atomic mass is 16.5. The average molecular weight is 286 g/mol. The largest absolute Gasteiger partial charge is 0.497 e. The van der Waals surface area contributed by atoms with Crippen LogP contribution in [0.15, 0.2) is 39.5 Å². The zero-order chi connectivity index (χ0) is 15.0. The number of hydrogen-bond acceptors (Lipinski definition) is 5. The standard InChI is InChI=1S/C16H14O5/c1-9-7-13-15(16(18)20-9)12(8-14(17)21-13)10-3-5-11(19-2)6-4-10/h3-7,12H,8H2,1-2H3/t12-/m1/s1. The van der Waals surface area contributed by atoms with E-state index in [9.17, 15) is 9.59 Å². The molecule has 21 heavy (non-hydrogen) atoms. The minimum Gasteiger partial charge on any atom is -0.497 e. The molecule has 0 unspecified atom stereocenters. The lowest BCUT2D eigenvalue weighted by molar-refractivity contribution is -0.135. The second-order valence-corrected chi connectivity index (χ2v) is 4.93. The molecule has 1 aromatic carbocycles. The lowest BCUT2D eigenvalue weighted by Crippen LogP contribution is -2.26. The summed E-state index contributed by atoms with van der Waals surface area (Å²) in [7, 11) is 1.58. The molecule has 0 fully saturated rings. The molecule has 0 spiro atoms. The average Bonchev–Trinajstić information content (AvgIpc) is 2.45. The Morgan fingerprint density at radius 1 is 1.19 bits per heavy atom. The van der Waals surface area contributed by atoms with E-state index in [2.05, 4.69) is 0 Å². The van der Waals surface area contributed by atoms with E-state index in [0.717, 1.165) is 5.56 Å². The molecule has 1 aromatic heterocycles. The Morgan fingerprint density at radius 3 is 2.57 bits per heavy atom. The molecular formula is C16H14O5. The highest BCUT2D eigenvalue weighted by molar-refractivity contribution is 5.77. The van der Waals surface area contributed by atoms with Gasteiger partial charge in [-0.3, -0.25) is 4.79 Å². The van der Waals surface area contributed by atoms with Crippen molar-refractivity contribution in [2.75, 3.05) is 7.11 Å². The Morgan fingerprint density at radius 2 is 1.90 bits per heavy atom. The van der Waals surface area contributed by atoms with Gasteiger partial charge in [-0.15, -0.1) is 0 Å². The van der Waals surface area contributed by atoms with Gasteiger partial charge in [0.05, 0.1) is 19.1 Å². The smallest absolute Gasteiger partial charge is 0.343 e. The maximum atomic E-state index is 12.1. The number of esters is 1. The summed E-state index contributed by atoms with van der Waals surface area (Å²) >= 11 is 0. The maximum absolute atomic E-state index is 12.1. The van der Waals surface area contributed by atoms with Gasteiger partial charge in [0.25, 0.3) is 0 Å². The topological polar surface area (TPSA) is 65.7 Å². The minimum atomic E-state index is -0.460. The molecule has 0 aliphatic carbocycles. The van der Waals surface area contributed by atoms with Crippen molar-refractivity contribution in [3.63, 3.8) is 0 Å². The third-order valence-electron chi connectivity index (χ3n) is 3.53. The number of methoxy groups -OCH3 is 1. The van der Waals surface area contributed by atoms with Crippen LogP contribution < -0.4 is 15.1 Å². The van der Waals surface area contributed by atoms with Crippen LogP contribution in [0.2, 0.25) is 0 Å². The number of aryl methyl sites for hydroxylation is 1. The van der Waals surface area contributed by atoms with Crippen LogP contribution >= 0.6 is 0 Å². The number of carbonyl (C=O) groups excluding carboxylic acids is 1. The normalized spacial score (nSPS) is 17.0. The summed E-state index contributed by atoms with van der Waals surface area (Å²) in [6.45, 7) is 1.65. The Hall–Kier alpha value is -2.56. The Balaban J connectivity index is 2.12. The molecule has 0 saturated heterocycles. The molecule has 2 heterocycles. The fourth-order valence-corrected chi connectivity index (χ4v) is 2.55. The van der Waals surface area contributed by atoms with Crippen LogP contribution in [0, 0.1) is 6.92 Å². The number of fused-ring (bicyclic) bond motifs is 1. The number of ether oxygens (including phenoxy) is 2. The van der Waals surface area contributed by atoms with Crippen molar-refractivity contribution in [1.82, 2.24) is 0 Å². The third-order valence-corrected chi connectivity index (χ3v) is 3.53. The predicted molar refractivity (Wildman–Crippen MR) is 74.8 cm³/mol. The van der Waals surface area contributed by atoms with Crippen molar-refractivity contribution in [3.05, 3.63) is 57.6 Å². The first-order chi connectivity index (χ1) is 10.1. The summed E-state index contributed by atoms with van der Waals surface area (Å²) in [5.74, 6) is 0.716. The summed E-state index contributed by atoms with van der Waals surface area (Å²) < 4.78 is 15.4. The van der Waals surface area contributed by atoms with Crippen LogP contribution in [0.3, 0.4) is 0 Å². The molecule has 0 amide bonds. The molecule has 3 rings (SSSR count). The van der Waals surface area contributed by atoms with Crippen LogP contribution in [-0.4, -0.2) is 13.1 Å². The second kappa shape index (κ2) is 5.09. The molecule has 5 heteroatoms. The first-order valence-electron chi connectivity index (χ1n) is 6.57. The quantitative estimate of drug-likeness (QED) is 0.793. The highest BCUT2D eigenvalue weighted by Gasteiger charge is 2.32. The Kier molecular flexibility index (Phi) is 3.25. The fourth-order valence-electron chi connectivity index (χ4n) is 2.55. The summed E-state index contributed by atoms with van der Waals surface area (Å²) in [6, 6.07) is 8.84. The van der Waals surface area contributed by atoms with Gasteiger partial charge in [0, 0.05) is 12.0 Å². The van der Waals surface area contributed by atoms with E-state index in [4.69, 9.17) is 13.9 Å². The first kappa shape index (κ1) is 13.4. The van der Waals surface area contributed by atoms with Gasteiger partial charge in [0.1, 0.15) is 17.3 Å². The summed E-state index contributed by atoms with van der Waals surface area (Å²) in [4.78, 5) is 23.9. The Labute approximate surface area is 121 Å². The number of hydrogen-bond donors (Lipinski definition) is 0. The molecule has 0 bridgehead atoms. The van der Waals surface area contributed by atoms with E-state index < -0.39 is 5.63 Å². The lowest BCUT2D eigenvalue weighted by atomic mass is 9.87. The van der Waals surface area contributed by atoms with Crippen LogP contribution in [-0.2, 0) is 4.79 Å². The molecule has 0 N–H and O–H groups in total. The van der Waals surface area contributed by atoms with Gasteiger partial charge in [0.2, 0.25) is 0 Å². The molecular weight excluding hydrogens is 272 g/mol. The maximum Gasteiger partial charge on any atom is 0.343 e.